The molecule has 0 aromatic carbocycles. The van der Waals surface area contributed by atoms with Crippen molar-refractivity contribution in [3.05, 3.63) is 0 Å². The fourth-order valence-electron chi connectivity index (χ4n) is 4.37. The number of hydrogen-bond donors (Lipinski definition) is 1. The van der Waals surface area contributed by atoms with Crippen LogP contribution in [0.5, 0.6) is 0 Å². The second-order valence-corrected chi connectivity index (χ2v) is 6.71. The van der Waals surface area contributed by atoms with E-state index in [1.54, 1.807) is 0 Å². The summed E-state index contributed by atoms with van der Waals surface area (Å²) in [5, 5.41) is 3.77. The minimum absolute atomic E-state index is 0.646. The summed E-state index contributed by atoms with van der Waals surface area (Å²) < 4.78 is 5.51. The number of ether oxygens (including phenoxy) is 1. The van der Waals surface area contributed by atoms with Crippen LogP contribution in [0.3, 0.4) is 0 Å². The third-order valence-electron chi connectivity index (χ3n) is 5.12. The van der Waals surface area contributed by atoms with Crippen molar-refractivity contribution in [2.45, 2.75) is 89.4 Å². The van der Waals surface area contributed by atoms with Gasteiger partial charge < -0.3 is 10.1 Å². The molecule has 2 bridgehead atoms. The number of nitrogens with one attached hydrogen (secondary N) is 1. The van der Waals surface area contributed by atoms with Crippen molar-refractivity contribution in [1.82, 2.24) is 10.2 Å². The summed E-state index contributed by atoms with van der Waals surface area (Å²) in [4.78, 5) is 2.85. The van der Waals surface area contributed by atoms with E-state index in [0.717, 1.165) is 24.7 Å². The van der Waals surface area contributed by atoms with E-state index in [4.69, 9.17) is 4.74 Å². The Kier molecular flexibility index (Phi) is 6.79. The summed E-state index contributed by atoms with van der Waals surface area (Å²) in [7, 11) is 1.86. The fraction of sp³-hybridized carbons (Fsp3) is 1.00. The van der Waals surface area contributed by atoms with E-state index in [2.05, 4.69) is 24.1 Å². The van der Waals surface area contributed by atoms with Crippen LogP contribution in [0.25, 0.3) is 0 Å². The molecule has 2 aliphatic heterocycles. The number of rotatable bonds is 8. The minimum atomic E-state index is 0.646. The fourth-order valence-corrected chi connectivity index (χ4v) is 4.37. The highest BCUT2D eigenvalue weighted by atomic mass is 16.5. The molecule has 0 aromatic heterocycles. The molecule has 0 saturated carbocycles. The molecule has 3 unspecified atom stereocenters. The van der Waals surface area contributed by atoms with Gasteiger partial charge in [-0.1, -0.05) is 26.7 Å². The zero-order valence-electron chi connectivity index (χ0n) is 13.7. The molecule has 2 aliphatic rings. The molecule has 2 heterocycles. The predicted molar refractivity (Wildman–Crippen MR) is 85.2 cm³/mol. The SMILES string of the molecule is CCCNC1CC2CCCC(C1)N2C(CCC)COC. The molecule has 0 aliphatic carbocycles. The van der Waals surface area contributed by atoms with Gasteiger partial charge in [0.15, 0.2) is 0 Å². The van der Waals surface area contributed by atoms with Crippen LogP contribution in [0.15, 0.2) is 0 Å². The van der Waals surface area contributed by atoms with Crippen LogP contribution in [0, 0.1) is 0 Å². The summed E-state index contributed by atoms with van der Waals surface area (Å²) in [6.07, 6.45) is 10.7. The largest absolute Gasteiger partial charge is 0.383 e. The molecule has 0 radical (unpaired) electrons. The van der Waals surface area contributed by atoms with Crippen LogP contribution in [0.4, 0.5) is 0 Å². The Morgan fingerprint density at radius 1 is 1.15 bits per heavy atom. The smallest absolute Gasteiger partial charge is 0.0618 e. The summed E-state index contributed by atoms with van der Waals surface area (Å²) in [6, 6.07) is 2.99. The van der Waals surface area contributed by atoms with Crippen LogP contribution >= 0.6 is 0 Å². The van der Waals surface area contributed by atoms with E-state index in [1.165, 1.54) is 57.9 Å². The van der Waals surface area contributed by atoms with E-state index >= 15 is 0 Å². The Morgan fingerprint density at radius 2 is 1.85 bits per heavy atom. The molecule has 3 atom stereocenters. The summed E-state index contributed by atoms with van der Waals surface area (Å²) in [6.45, 7) is 6.65. The summed E-state index contributed by atoms with van der Waals surface area (Å²) >= 11 is 0. The normalized spacial score (nSPS) is 32.2. The molecule has 3 heteroatoms. The maximum Gasteiger partial charge on any atom is 0.0618 e. The second-order valence-electron chi connectivity index (χ2n) is 6.71. The van der Waals surface area contributed by atoms with Gasteiger partial charge in [-0.2, -0.15) is 0 Å². The van der Waals surface area contributed by atoms with Crippen molar-refractivity contribution in [3.8, 4) is 0 Å². The van der Waals surface area contributed by atoms with Crippen LogP contribution in [-0.2, 0) is 4.74 Å². The van der Waals surface area contributed by atoms with Gasteiger partial charge in [0.25, 0.3) is 0 Å². The average molecular weight is 282 g/mol. The zero-order valence-corrected chi connectivity index (χ0v) is 13.7. The molecular weight excluding hydrogens is 248 g/mol. The maximum absolute atomic E-state index is 5.51. The minimum Gasteiger partial charge on any atom is -0.383 e. The van der Waals surface area contributed by atoms with Crippen LogP contribution in [0.2, 0.25) is 0 Å². The third-order valence-corrected chi connectivity index (χ3v) is 5.12. The maximum atomic E-state index is 5.51. The van der Waals surface area contributed by atoms with Gasteiger partial charge in [-0.25, -0.2) is 0 Å². The predicted octanol–water partition coefficient (Wildman–Crippen LogP) is 3.19. The Labute approximate surface area is 125 Å². The molecule has 2 rings (SSSR count). The zero-order chi connectivity index (χ0) is 14.4. The van der Waals surface area contributed by atoms with E-state index in [9.17, 15) is 0 Å². The van der Waals surface area contributed by atoms with Gasteiger partial charge in [-0.05, 0) is 45.1 Å². The first-order valence-electron chi connectivity index (χ1n) is 8.79. The van der Waals surface area contributed by atoms with E-state index in [-0.39, 0.29) is 0 Å². The highest BCUT2D eigenvalue weighted by Crippen LogP contribution is 2.36. The van der Waals surface area contributed by atoms with Gasteiger partial charge in [0.05, 0.1) is 6.61 Å². The number of fused-ring (bicyclic) bond motifs is 2. The van der Waals surface area contributed by atoms with Gasteiger partial charge in [0.2, 0.25) is 0 Å². The average Bonchev–Trinajstić information content (AvgIpc) is 2.44. The monoisotopic (exact) mass is 282 g/mol. The molecule has 118 valence electrons. The van der Waals surface area contributed by atoms with Crippen molar-refractivity contribution >= 4 is 0 Å². The molecule has 0 aromatic rings. The quantitative estimate of drug-likeness (QED) is 0.740. The number of piperidine rings is 2. The highest BCUT2D eigenvalue weighted by Gasteiger charge is 2.40. The molecule has 3 nitrogen and oxygen atoms in total. The molecule has 0 amide bonds. The highest BCUT2D eigenvalue weighted by molar-refractivity contribution is 4.97. The summed E-state index contributed by atoms with van der Waals surface area (Å²) in [5.41, 5.74) is 0. The topological polar surface area (TPSA) is 24.5 Å². The second kappa shape index (κ2) is 8.35. The Morgan fingerprint density at radius 3 is 2.40 bits per heavy atom. The summed E-state index contributed by atoms with van der Waals surface area (Å²) in [5.74, 6) is 0. The molecular formula is C17H34N2O. The van der Waals surface area contributed by atoms with Crippen LogP contribution in [0.1, 0.15) is 65.2 Å². The molecule has 2 saturated heterocycles. The first kappa shape index (κ1) is 16.3. The Hall–Kier alpha value is -0.120. The first-order valence-corrected chi connectivity index (χ1v) is 8.79. The van der Waals surface area contributed by atoms with E-state index < -0.39 is 0 Å². The standard InChI is InChI=1S/C17H34N2O/c1-4-7-17(13-20-3)19-15-8-6-9-16(19)12-14(11-15)18-10-5-2/h14-18H,4-13H2,1-3H3. The lowest BCUT2D eigenvalue weighted by Gasteiger charge is -2.52. The third kappa shape index (κ3) is 3.96. The lowest BCUT2D eigenvalue weighted by atomic mass is 9.80. The lowest BCUT2D eigenvalue weighted by Crippen LogP contribution is -2.60. The van der Waals surface area contributed by atoms with Crippen molar-refractivity contribution in [2.24, 2.45) is 0 Å². The van der Waals surface area contributed by atoms with E-state index in [1.807, 2.05) is 7.11 Å². The van der Waals surface area contributed by atoms with Crippen molar-refractivity contribution < 1.29 is 4.74 Å². The van der Waals surface area contributed by atoms with Gasteiger partial charge in [0.1, 0.15) is 0 Å². The van der Waals surface area contributed by atoms with Crippen molar-refractivity contribution in [2.75, 3.05) is 20.3 Å². The Bertz CT molecular complexity index is 252. The number of methoxy groups -OCH3 is 1. The lowest BCUT2D eigenvalue weighted by molar-refractivity contribution is -0.0375. The number of nitrogens with zero attached hydrogens (tertiary/aromatic N) is 1. The number of hydrogen-bond acceptors (Lipinski definition) is 3. The van der Waals surface area contributed by atoms with Crippen LogP contribution in [-0.4, -0.2) is 49.3 Å². The van der Waals surface area contributed by atoms with Crippen molar-refractivity contribution in [1.29, 1.82) is 0 Å². The first-order chi connectivity index (χ1) is 9.80. The van der Waals surface area contributed by atoms with Crippen LogP contribution < -0.4 is 5.32 Å². The molecule has 2 fully saturated rings. The van der Waals surface area contributed by atoms with Crippen molar-refractivity contribution in [3.63, 3.8) is 0 Å². The Balaban J connectivity index is 1.99. The van der Waals surface area contributed by atoms with E-state index in [0.29, 0.717) is 6.04 Å². The molecule has 20 heavy (non-hydrogen) atoms. The van der Waals surface area contributed by atoms with Gasteiger partial charge in [0, 0.05) is 31.3 Å². The van der Waals surface area contributed by atoms with Gasteiger partial charge in [-0.3, -0.25) is 4.90 Å². The van der Waals surface area contributed by atoms with Gasteiger partial charge in [-0.15, -0.1) is 0 Å². The molecule has 0 spiro atoms. The van der Waals surface area contributed by atoms with Gasteiger partial charge >= 0.3 is 0 Å². The molecule has 1 N–H and O–H groups in total.